The van der Waals surface area contributed by atoms with Gasteiger partial charge in [-0.3, -0.25) is 0 Å². The van der Waals surface area contributed by atoms with Crippen LogP contribution in [0.25, 0.3) is 11.3 Å². The zero-order valence-electron chi connectivity index (χ0n) is 10.5. The van der Waals surface area contributed by atoms with Crippen LogP contribution in [0.5, 0.6) is 0 Å². The first kappa shape index (κ1) is 12.6. The third-order valence-corrected chi connectivity index (χ3v) is 3.55. The van der Waals surface area contributed by atoms with Crippen LogP contribution in [0.2, 0.25) is 0 Å². The summed E-state index contributed by atoms with van der Waals surface area (Å²) in [4.78, 5) is 12.3. The van der Waals surface area contributed by atoms with E-state index in [-0.39, 0.29) is 12.6 Å². The maximum Gasteiger partial charge on any atom is 0.348 e. The highest BCUT2D eigenvalue weighted by Crippen LogP contribution is 2.19. The molecule has 3 rings (SSSR count). The predicted molar refractivity (Wildman–Crippen MR) is 75.4 cm³/mol. The number of esters is 1. The van der Waals surface area contributed by atoms with Crippen LogP contribution < -0.4 is 0 Å². The highest BCUT2D eigenvalue weighted by atomic mass is 32.1. The van der Waals surface area contributed by atoms with Crippen LogP contribution >= 0.6 is 11.3 Å². The molecule has 5 heteroatoms. The lowest BCUT2D eigenvalue weighted by Crippen LogP contribution is -2.02. The fraction of sp³-hybridized carbons (Fsp3) is 0.0667. The molecule has 0 radical (unpaired) electrons. The smallest absolute Gasteiger partial charge is 0.348 e. The molecule has 0 saturated heterocycles. The molecule has 0 saturated carbocycles. The summed E-state index contributed by atoms with van der Waals surface area (Å²) in [5, 5.41) is 5.80. The van der Waals surface area contributed by atoms with Gasteiger partial charge in [0.2, 0.25) is 0 Å². The van der Waals surface area contributed by atoms with Crippen LogP contribution in [0.4, 0.5) is 0 Å². The molecule has 20 heavy (non-hydrogen) atoms. The number of nitrogens with zero attached hydrogens (tertiary/aromatic N) is 1. The van der Waals surface area contributed by atoms with E-state index in [0.29, 0.717) is 10.6 Å². The van der Waals surface area contributed by atoms with E-state index in [1.807, 2.05) is 41.8 Å². The second-order valence-corrected chi connectivity index (χ2v) is 5.05. The standard InChI is InChI=1S/C15H11NO3S/c17-15(14-7-4-8-20-14)18-10-12-9-13(16-19-12)11-5-2-1-3-6-11/h1-9H,10H2. The van der Waals surface area contributed by atoms with Gasteiger partial charge in [0.05, 0.1) is 0 Å². The SMILES string of the molecule is O=C(OCc1cc(-c2ccccc2)no1)c1cccs1. The Balaban J connectivity index is 1.65. The van der Waals surface area contributed by atoms with E-state index in [1.54, 1.807) is 12.1 Å². The number of ether oxygens (including phenoxy) is 1. The van der Waals surface area contributed by atoms with E-state index in [2.05, 4.69) is 5.16 Å². The average molecular weight is 285 g/mol. The van der Waals surface area contributed by atoms with Crippen molar-refractivity contribution in [2.75, 3.05) is 0 Å². The van der Waals surface area contributed by atoms with Crippen molar-refractivity contribution in [1.29, 1.82) is 0 Å². The molecule has 100 valence electrons. The molecule has 1 aromatic carbocycles. The van der Waals surface area contributed by atoms with Gasteiger partial charge in [0.1, 0.15) is 10.6 Å². The minimum atomic E-state index is -0.349. The number of rotatable bonds is 4. The molecule has 0 unspecified atom stereocenters. The largest absolute Gasteiger partial charge is 0.453 e. The average Bonchev–Trinajstić information content (AvgIpc) is 3.17. The monoisotopic (exact) mass is 285 g/mol. The summed E-state index contributed by atoms with van der Waals surface area (Å²) in [6.45, 7) is 0.0799. The van der Waals surface area contributed by atoms with E-state index < -0.39 is 0 Å². The Morgan fingerprint density at radius 3 is 2.80 bits per heavy atom. The van der Waals surface area contributed by atoms with Crippen LogP contribution in [-0.2, 0) is 11.3 Å². The van der Waals surface area contributed by atoms with E-state index >= 15 is 0 Å². The summed E-state index contributed by atoms with van der Waals surface area (Å²) in [5.41, 5.74) is 1.69. The van der Waals surface area contributed by atoms with Crippen molar-refractivity contribution < 1.29 is 14.1 Å². The van der Waals surface area contributed by atoms with Gasteiger partial charge in [0.25, 0.3) is 0 Å². The Morgan fingerprint density at radius 1 is 1.20 bits per heavy atom. The van der Waals surface area contributed by atoms with Crippen molar-refractivity contribution in [2.45, 2.75) is 6.61 Å². The maximum atomic E-state index is 11.7. The molecule has 0 aliphatic carbocycles. The molecular formula is C15H11NO3S. The molecule has 0 atom stereocenters. The van der Waals surface area contributed by atoms with Crippen molar-refractivity contribution in [2.24, 2.45) is 0 Å². The van der Waals surface area contributed by atoms with Crippen molar-refractivity contribution in [3.63, 3.8) is 0 Å². The zero-order chi connectivity index (χ0) is 13.8. The molecule has 0 fully saturated rings. The maximum absolute atomic E-state index is 11.7. The third-order valence-electron chi connectivity index (χ3n) is 2.70. The fourth-order valence-electron chi connectivity index (χ4n) is 1.73. The van der Waals surface area contributed by atoms with Gasteiger partial charge in [-0.05, 0) is 11.4 Å². The molecule has 4 nitrogen and oxygen atoms in total. The first-order chi connectivity index (χ1) is 9.83. The number of hydrogen-bond donors (Lipinski definition) is 0. The van der Waals surface area contributed by atoms with Gasteiger partial charge in [0.15, 0.2) is 12.4 Å². The van der Waals surface area contributed by atoms with E-state index in [1.165, 1.54) is 11.3 Å². The molecule has 0 bridgehead atoms. The van der Waals surface area contributed by atoms with Gasteiger partial charge < -0.3 is 9.26 Å². The molecule has 3 aromatic rings. The first-order valence-corrected chi connectivity index (χ1v) is 6.92. The van der Waals surface area contributed by atoms with Crippen LogP contribution in [0.1, 0.15) is 15.4 Å². The zero-order valence-corrected chi connectivity index (χ0v) is 11.3. The summed E-state index contributed by atoms with van der Waals surface area (Å²) in [6.07, 6.45) is 0. The second-order valence-electron chi connectivity index (χ2n) is 4.10. The van der Waals surface area contributed by atoms with Crippen molar-refractivity contribution >= 4 is 17.3 Å². The number of benzene rings is 1. The van der Waals surface area contributed by atoms with E-state index in [4.69, 9.17) is 9.26 Å². The molecule has 2 aromatic heterocycles. The van der Waals surface area contributed by atoms with Crippen LogP contribution in [0.3, 0.4) is 0 Å². The minimum absolute atomic E-state index is 0.0799. The number of carbonyl (C=O) groups excluding carboxylic acids is 1. The van der Waals surface area contributed by atoms with Gasteiger partial charge in [-0.15, -0.1) is 11.3 Å². The first-order valence-electron chi connectivity index (χ1n) is 6.04. The fourth-order valence-corrected chi connectivity index (χ4v) is 2.34. The summed E-state index contributed by atoms with van der Waals surface area (Å²) >= 11 is 1.35. The van der Waals surface area contributed by atoms with Crippen LogP contribution in [0.15, 0.2) is 58.4 Å². The Bertz CT molecular complexity index is 689. The van der Waals surface area contributed by atoms with Crippen LogP contribution in [0, 0.1) is 0 Å². The molecule has 0 aliphatic rings. The number of aromatic nitrogens is 1. The molecule has 0 amide bonds. The predicted octanol–water partition coefficient (Wildman–Crippen LogP) is 3.76. The molecule has 0 spiro atoms. The Hall–Kier alpha value is -2.40. The quantitative estimate of drug-likeness (QED) is 0.685. The highest BCUT2D eigenvalue weighted by Gasteiger charge is 2.11. The molecule has 0 aliphatic heterocycles. The summed E-state index contributed by atoms with van der Waals surface area (Å²) < 4.78 is 10.3. The topological polar surface area (TPSA) is 52.3 Å². The van der Waals surface area contributed by atoms with Crippen LogP contribution in [-0.4, -0.2) is 11.1 Å². The molecular weight excluding hydrogens is 274 g/mol. The van der Waals surface area contributed by atoms with Crippen molar-refractivity contribution in [3.05, 3.63) is 64.5 Å². The normalized spacial score (nSPS) is 10.4. The van der Waals surface area contributed by atoms with Crippen molar-refractivity contribution in [1.82, 2.24) is 5.16 Å². The number of hydrogen-bond acceptors (Lipinski definition) is 5. The molecule has 0 N–H and O–H groups in total. The molecule has 2 heterocycles. The third kappa shape index (κ3) is 2.78. The second kappa shape index (κ2) is 5.71. The van der Waals surface area contributed by atoms with Crippen molar-refractivity contribution in [3.8, 4) is 11.3 Å². The Morgan fingerprint density at radius 2 is 2.05 bits per heavy atom. The van der Waals surface area contributed by atoms with Gasteiger partial charge in [-0.1, -0.05) is 41.6 Å². The van der Waals surface area contributed by atoms with Gasteiger partial charge in [0, 0.05) is 11.6 Å². The van der Waals surface area contributed by atoms with Gasteiger partial charge in [-0.25, -0.2) is 4.79 Å². The lowest BCUT2D eigenvalue weighted by Gasteiger charge is -1.98. The van der Waals surface area contributed by atoms with Gasteiger partial charge in [-0.2, -0.15) is 0 Å². The summed E-state index contributed by atoms with van der Waals surface area (Å²) in [5.74, 6) is 0.173. The van der Waals surface area contributed by atoms with E-state index in [0.717, 1.165) is 11.3 Å². The Labute approximate surface area is 119 Å². The number of carbonyl (C=O) groups is 1. The van der Waals surface area contributed by atoms with Gasteiger partial charge >= 0.3 is 5.97 Å². The lowest BCUT2D eigenvalue weighted by atomic mass is 10.1. The number of thiophene rings is 1. The highest BCUT2D eigenvalue weighted by molar-refractivity contribution is 7.11. The Kier molecular flexibility index (Phi) is 3.60. The lowest BCUT2D eigenvalue weighted by molar-refractivity contribution is 0.0443. The summed E-state index contributed by atoms with van der Waals surface area (Å²) in [7, 11) is 0. The minimum Gasteiger partial charge on any atom is -0.453 e. The summed E-state index contributed by atoms with van der Waals surface area (Å²) in [6, 6.07) is 15.0. The van der Waals surface area contributed by atoms with E-state index in [9.17, 15) is 4.79 Å².